The maximum Gasteiger partial charge on any atom is 0.438 e. The maximum absolute atomic E-state index is 11.4. The van der Waals surface area contributed by atoms with Crippen molar-refractivity contribution in [3.05, 3.63) is 16.4 Å². The van der Waals surface area contributed by atoms with Gasteiger partial charge in [-0.15, -0.1) is 0 Å². The summed E-state index contributed by atoms with van der Waals surface area (Å²) < 4.78 is 27.0. The van der Waals surface area contributed by atoms with Crippen molar-refractivity contribution in [2.24, 2.45) is 0 Å². The molecule has 0 amide bonds. The lowest BCUT2D eigenvalue weighted by molar-refractivity contribution is 0.380. The Bertz CT molecular complexity index is 457. The van der Waals surface area contributed by atoms with Gasteiger partial charge in [0.05, 0.1) is 5.75 Å². The predicted octanol–water partition coefficient (Wildman–Crippen LogP) is -0.387. The van der Waals surface area contributed by atoms with Gasteiger partial charge in [-0.3, -0.25) is 9.51 Å². The van der Waals surface area contributed by atoms with Crippen molar-refractivity contribution in [2.75, 3.05) is 5.75 Å². The molecule has 7 heteroatoms. The molecule has 0 radical (unpaired) electrons. The Morgan fingerprint density at radius 3 is 2.77 bits per heavy atom. The van der Waals surface area contributed by atoms with Gasteiger partial charge < -0.3 is 0 Å². The van der Waals surface area contributed by atoms with Crippen LogP contribution in [0, 0.1) is 0 Å². The molecule has 1 unspecified atom stereocenters. The predicted molar refractivity (Wildman–Crippen MR) is 42.9 cm³/mol. The largest absolute Gasteiger partial charge is 0.438 e. The van der Waals surface area contributed by atoms with Crippen molar-refractivity contribution in [1.82, 2.24) is 10.1 Å². The van der Waals surface area contributed by atoms with Gasteiger partial charge in [0, 0.05) is 0 Å². The highest BCUT2D eigenvalue weighted by atomic mass is 32.2. The van der Waals surface area contributed by atoms with Crippen LogP contribution in [0.2, 0.25) is 0 Å². The van der Waals surface area contributed by atoms with Crippen LogP contribution in [0.4, 0.5) is 0 Å². The Balaban J connectivity index is 2.42. The zero-order chi connectivity index (χ0) is 9.47. The first-order chi connectivity index (χ1) is 6.09. The molecule has 13 heavy (non-hydrogen) atoms. The lowest BCUT2D eigenvalue weighted by Crippen LogP contribution is -2.10. The van der Waals surface area contributed by atoms with Crippen LogP contribution < -0.4 is 5.76 Å². The molecule has 1 aromatic rings. The van der Waals surface area contributed by atoms with E-state index in [1.54, 1.807) is 0 Å². The van der Waals surface area contributed by atoms with Crippen LogP contribution in [-0.2, 0) is 9.84 Å². The smallest absolute Gasteiger partial charge is 0.296 e. The SMILES string of the molecule is O=c1[nH]c(C2CCCS2(=O)=O)no1. The van der Waals surface area contributed by atoms with Gasteiger partial charge in [-0.05, 0) is 12.8 Å². The maximum atomic E-state index is 11.4. The highest BCUT2D eigenvalue weighted by Crippen LogP contribution is 2.31. The van der Waals surface area contributed by atoms with E-state index in [-0.39, 0.29) is 11.6 Å². The number of nitrogens with zero attached hydrogens (tertiary/aromatic N) is 1. The number of nitrogens with one attached hydrogen (secondary N) is 1. The molecule has 0 aliphatic carbocycles. The van der Waals surface area contributed by atoms with Crippen LogP contribution in [0.1, 0.15) is 23.9 Å². The van der Waals surface area contributed by atoms with Gasteiger partial charge in [-0.2, -0.15) is 0 Å². The van der Waals surface area contributed by atoms with Gasteiger partial charge in [-0.1, -0.05) is 5.16 Å². The van der Waals surface area contributed by atoms with Gasteiger partial charge in [0.2, 0.25) is 0 Å². The monoisotopic (exact) mass is 204 g/mol. The number of hydrogen-bond acceptors (Lipinski definition) is 5. The molecule has 2 heterocycles. The van der Waals surface area contributed by atoms with Crippen molar-refractivity contribution >= 4 is 9.84 Å². The van der Waals surface area contributed by atoms with Gasteiger partial charge in [0.25, 0.3) is 0 Å². The molecule has 0 saturated carbocycles. The summed E-state index contributed by atoms with van der Waals surface area (Å²) in [4.78, 5) is 12.8. The van der Waals surface area contributed by atoms with Crippen LogP contribution in [0.25, 0.3) is 0 Å². The number of rotatable bonds is 1. The quantitative estimate of drug-likeness (QED) is 0.672. The van der Waals surface area contributed by atoms with Crippen molar-refractivity contribution in [3.63, 3.8) is 0 Å². The van der Waals surface area contributed by atoms with Crippen molar-refractivity contribution in [2.45, 2.75) is 18.1 Å². The van der Waals surface area contributed by atoms with Crippen LogP contribution in [0.5, 0.6) is 0 Å². The molecule has 1 aliphatic rings. The number of aromatic amines is 1. The highest BCUT2D eigenvalue weighted by Gasteiger charge is 2.35. The Morgan fingerprint density at radius 1 is 1.54 bits per heavy atom. The third-order valence-corrected chi connectivity index (χ3v) is 4.27. The molecule has 0 aromatic carbocycles. The Morgan fingerprint density at radius 2 is 2.31 bits per heavy atom. The standard InChI is InChI=1S/C6H8N2O4S/c9-6-7-5(8-12-6)4-2-1-3-13(4,10)11/h4H,1-3H2,(H,7,8,9). The lowest BCUT2D eigenvalue weighted by atomic mass is 10.2. The summed E-state index contributed by atoms with van der Waals surface area (Å²) in [6, 6.07) is 0. The summed E-state index contributed by atoms with van der Waals surface area (Å²) in [6.07, 6.45) is 1.12. The number of H-pyrrole nitrogens is 1. The fourth-order valence-electron chi connectivity index (χ4n) is 1.48. The van der Waals surface area contributed by atoms with Gasteiger partial charge in [0.1, 0.15) is 5.25 Å². The van der Waals surface area contributed by atoms with E-state index in [0.717, 1.165) is 0 Å². The second kappa shape index (κ2) is 2.69. The molecule has 6 nitrogen and oxygen atoms in total. The van der Waals surface area contributed by atoms with E-state index in [2.05, 4.69) is 14.7 Å². The molecule has 1 saturated heterocycles. The van der Waals surface area contributed by atoms with Crippen molar-refractivity contribution < 1.29 is 12.9 Å². The van der Waals surface area contributed by atoms with Crippen molar-refractivity contribution in [1.29, 1.82) is 0 Å². The van der Waals surface area contributed by atoms with Gasteiger partial charge >= 0.3 is 5.76 Å². The number of sulfone groups is 1. The van der Waals surface area contributed by atoms with Gasteiger partial charge in [0.15, 0.2) is 15.7 Å². The molecular formula is C6H8N2O4S. The molecule has 0 spiro atoms. The van der Waals surface area contributed by atoms with E-state index >= 15 is 0 Å². The molecule has 1 N–H and O–H groups in total. The Kier molecular flexibility index (Phi) is 1.76. The lowest BCUT2D eigenvalue weighted by Gasteiger charge is -2.01. The van der Waals surface area contributed by atoms with Crippen molar-refractivity contribution in [3.8, 4) is 0 Å². The first-order valence-electron chi connectivity index (χ1n) is 3.87. The molecule has 2 rings (SSSR count). The third-order valence-electron chi connectivity index (χ3n) is 2.09. The van der Waals surface area contributed by atoms with E-state index in [9.17, 15) is 13.2 Å². The summed E-state index contributed by atoms with van der Waals surface area (Å²) in [7, 11) is -3.12. The molecule has 0 bridgehead atoms. The summed E-state index contributed by atoms with van der Waals surface area (Å²) >= 11 is 0. The van der Waals surface area contributed by atoms with E-state index in [0.29, 0.717) is 12.8 Å². The minimum atomic E-state index is -3.12. The van der Waals surface area contributed by atoms with E-state index < -0.39 is 20.8 Å². The average Bonchev–Trinajstić information content (AvgIpc) is 2.56. The van der Waals surface area contributed by atoms with E-state index in [1.165, 1.54) is 0 Å². The fourth-order valence-corrected chi connectivity index (χ4v) is 3.30. The van der Waals surface area contributed by atoms with E-state index in [1.807, 2.05) is 0 Å². The summed E-state index contributed by atoms with van der Waals surface area (Å²) in [6.45, 7) is 0. The molecule has 1 aliphatic heterocycles. The Hall–Kier alpha value is -1.11. The summed E-state index contributed by atoms with van der Waals surface area (Å²) in [5, 5.41) is 2.69. The highest BCUT2D eigenvalue weighted by molar-refractivity contribution is 7.91. The first kappa shape index (κ1) is 8.49. The second-order valence-electron chi connectivity index (χ2n) is 2.98. The van der Waals surface area contributed by atoms with Crippen LogP contribution in [0.15, 0.2) is 9.32 Å². The zero-order valence-corrected chi connectivity index (χ0v) is 7.50. The topological polar surface area (TPSA) is 93.0 Å². The summed E-state index contributed by atoms with van der Waals surface area (Å²) in [5.74, 6) is -0.424. The van der Waals surface area contributed by atoms with Crippen LogP contribution in [-0.4, -0.2) is 24.3 Å². The summed E-state index contributed by atoms with van der Waals surface area (Å²) in [5.41, 5.74) is 0. The van der Waals surface area contributed by atoms with Crippen LogP contribution in [0.3, 0.4) is 0 Å². The minimum Gasteiger partial charge on any atom is -0.296 e. The van der Waals surface area contributed by atoms with E-state index in [4.69, 9.17) is 0 Å². The third kappa shape index (κ3) is 1.39. The molecule has 1 atom stereocenters. The first-order valence-corrected chi connectivity index (χ1v) is 5.58. The second-order valence-corrected chi connectivity index (χ2v) is 5.28. The van der Waals surface area contributed by atoms with Crippen LogP contribution >= 0.6 is 0 Å². The molecule has 1 aromatic heterocycles. The number of aromatic nitrogens is 2. The number of hydrogen-bond donors (Lipinski definition) is 1. The normalized spacial score (nSPS) is 26.3. The van der Waals surface area contributed by atoms with Gasteiger partial charge in [-0.25, -0.2) is 13.2 Å². The molecule has 1 fully saturated rings. The zero-order valence-electron chi connectivity index (χ0n) is 6.69. The molecule has 72 valence electrons. The average molecular weight is 204 g/mol. The minimum absolute atomic E-state index is 0.127. The Labute approximate surface area is 73.9 Å². The fraction of sp³-hybridized carbons (Fsp3) is 0.667. The molecular weight excluding hydrogens is 196 g/mol.